The Bertz CT molecular complexity index is 935. The number of hydrogen-bond donors (Lipinski definition) is 1. The standard InChI is InChI=1S/C19H23F4N7O/c1-11-10-31-9-8-30(11)18-27-16(13-12(14(20)21)2-5-25-15(13)24)26-17(28-18)29-6-3-19(22,23)4-7-29/h2,5,11,14H,3-4,6-10H2,1H3,(H2,24,25)/t11-/m1/s1. The van der Waals surface area contributed by atoms with Crippen molar-refractivity contribution in [3.63, 3.8) is 0 Å². The molecule has 4 rings (SSSR count). The normalized spacial score (nSPS) is 21.5. The molecule has 2 aromatic rings. The van der Waals surface area contributed by atoms with Crippen LogP contribution in [0, 0.1) is 0 Å². The lowest BCUT2D eigenvalue weighted by molar-refractivity contribution is -0.0222. The van der Waals surface area contributed by atoms with E-state index in [4.69, 9.17) is 10.5 Å². The summed E-state index contributed by atoms with van der Waals surface area (Å²) in [7, 11) is 0. The average molecular weight is 441 g/mol. The van der Waals surface area contributed by atoms with Crippen molar-refractivity contribution in [3.05, 3.63) is 17.8 Å². The van der Waals surface area contributed by atoms with Gasteiger partial charge in [0.15, 0.2) is 5.82 Å². The third kappa shape index (κ3) is 4.48. The van der Waals surface area contributed by atoms with Gasteiger partial charge in [-0.05, 0) is 13.0 Å². The Labute approximate surface area is 176 Å². The molecule has 0 radical (unpaired) electrons. The van der Waals surface area contributed by atoms with E-state index in [1.54, 1.807) is 4.90 Å². The van der Waals surface area contributed by atoms with E-state index >= 15 is 0 Å². The van der Waals surface area contributed by atoms with E-state index in [2.05, 4.69) is 19.9 Å². The van der Waals surface area contributed by atoms with Gasteiger partial charge in [-0.15, -0.1) is 0 Å². The van der Waals surface area contributed by atoms with Crippen LogP contribution in [0.1, 0.15) is 31.8 Å². The smallest absolute Gasteiger partial charge is 0.264 e. The second-order valence-corrected chi connectivity index (χ2v) is 7.68. The number of nitrogens with two attached hydrogens (primary N) is 1. The molecule has 168 valence electrons. The quantitative estimate of drug-likeness (QED) is 0.724. The number of halogens is 4. The van der Waals surface area contributed by atoms with Crippen LogP contribution in [0.3, 0.4) is 0 Å². The van der Waals surface area contributed by atoms with Gasteiger partial charge in [0.25, 0.3) is 12.3 Å². The van der Waals surface area contributed by atoms with Crippen LogP contribution in [0.4, 0.5) is 35.3 Å². The van der Waals surface area contributed by atoms with E-state index in [1.807, 2.05) is 11.8 Å². The number of nitrogen functional groups attached to an aromatic ring is 1. The average Bonchev–Trinajstić information content (AvgIpc) is 2.73. The molecule has 2 saturated heterocycles. The molecule has 2 fully saturated rings. The Morgan fingerprint density at radius 1 is 1.13 bits per heavy atom. The van der Waals surface area contributed by atoms with Crippen molar-refractivity contribution in [1.29, 1.82) is 0 Å². The highest BCUT2D eigenvalue weighted by Gasteiger charge is 2.35. The first-order valence-electron chi connectivity index (χ1n) is 10.0. The second-order valence-electron chi connectivity index (χ2n) is 7.68. The molecule has 0 saturated carbocycles. The second kappa shape index (κ2) is 8.40. The zero-order valence-electron chi connectivity index (χ0n) is 16.9. The van der Waals surface area contributed by atoms with E-state index in [0.717, 1.165) is 6.07 Å². The summed E-state index contributed by atoms with van der Waals surface area (Å²) in [5.41, 5.74) is 5.49. The minimum atomic E-state index is -2.82. The Kier molecular flexibility index (Phi) is 5.82. The van der Waals surface area contributed by atoms with Gasteiger partial charge < -0.3 is 20.3 Å². The highest BCUT2D eigenvalue weighted by Crippen LogP contribution is 2.35. The summed E-state index contributed by atoms with van der Waals surface area (Å²) < 4.78 is 60.1. The van der Waals surface area contributed by atoms with Crippen molar-refractivity contribution in [2.24, 2.45) is 0 Å². The number of alkyl halides is 4. The Balaban J connectivity index is 1.81. The molecule has 2 N–H and O–H groups in total. The molecule has 4 heterocycles. The van der Waals surface area contributed by atoms with Crippen molar-refractivity contribution < 1.29 is 22.3 Å². The highest BCUT2D eigenvalue weighted by molar-refractivity contribution is 5.73. The van der Waals surface area contributed by atoms with Crippen molar-refractivity contribution in [2.75, 3.05) is 48.4 Å². The van der Waals surface area contributed by atoms with Crippen molar-refractivity contribution in [1.82, 2.24) is 19.9 Å². The first kappa shape index (κ1) is 21.5. The molecule has 0 aromatic carbocycles. The third-order valence-corrected chi connectivity index (χ3v) is 5.49. The summed E-state index contributed by atoms with van der Waals surface area (Å²) in [6.07, 6.45) is -2.30. The van der Waals surface area contributed by atoms with Gasteiger partial charge in [-0.25, -0.2) is 22.5 Å². The molecule has 2 aromatic heterocycles. The Morgan fingerprint density at radius 2 is 1.84 bits per heavy atom. The number of piperidine rings is 1. The predicted octanol–water partition coefficient (Wildman–Crippen LogP) is 2.91. The van der Waals surface area contributed by atoms with Gasteiger partial charge in [0.2, 0.25) is 11.9 Å². The van der Waals surface area contributed by atoms with Crippen LogP contribution in [0.25, 0.3) is 11.4 Å². The largest absolute Gasteiger partial charge is 0.383 e. The number of morpholine rings is 1. The van der Waals surface area contributed by atoms with Gasteiger partial charge in [0.1, 0.15) is 5.82 Å². The summed E-state index contributed by atoms with van der Waals surface area (Å²) >= 11 is 0. The molecule has 0 amide bonds. The van der Waals surface area contributed by atoms with Crippen LogP contribution in [-0.4, -0.2) is 64.7 Å². The number of nitrogens with zero attached hydrogens (tertiary/aromatic N) is 6. The summed E-state index contributed by atoms with van der Waals surface area (Å²) in [4.78, 5) is 20.7. The number of aromatic nitrogens is 4. The van der Waals surface area contributed by atoms with Crippen LogP contribution in [0.15, 0.2) is 12.3 Å². The lowest BCUT2D eigenvalue weighted by atomic mass is 10.1. The highest BCUT2D eigenvalue weighted by atomic mass is 19.3. The first-order valence-corrected chi connectivity index (χ1v) is 10.0. The lowest BCUT2D eigenvalue weighted by Gasteiger charge is -2.35. The van der Waals surface area contributed by atoms with Crippen molar-refractivity contribution in [2.45, 2.75) is 38.2 Å². The number of rotatable bonds is 4. The lowest BCUT2D eigenvalue weighted by Crippen LogP contribution is -2.45. The molecule has 0 spiro atoms. The molecule has 12 heteroatoms. The summed E-state index contributed by atoms with van der Waals surface area (Å²) in [5, 5.41) is 0. The minimum absolute atomic E-state index is 0.0405. The third-order valence-electron chi connectivity index (χ3n) is 5.49. The maximum atomic E-state index is 13.7. The van der Waals surface area contributed by atoms with Crippen LogP contribution in [0.2, 0.25) is 0 Å². The fourth-order valence-corrected chi connectivity index (χ4v) is 3.71. The molecular weight excluding hydrogens is 418 g/mol. The zero-order chi connectivity index (χ0) is 22.2. The van der Waals surface area contributed by atoms with Crippen LogP contribution in [-0.2, 0) is 4.74 Å². The molecule has 0 unspecified atom stereocenters. The number of ether oxygens (including phenoxy) is 1. The van der Waals surface area contributed by atoms with E-state index in [0.29, 0.717) is 19.8 Å². The fourth-order valence-electron chi connectivity index (χ4n) is 3.71. The summed E-state index contributed by atoms with van der Waals surface area (Å²) in [6, 6.07) is 1.10. The number of anilines is 3. The van der Waals surface area contributed by atoms with Crippen molar-refractivity contribution in [3.8, 4) is 11.4 Å². The maximum Gasteiger partial charge on any atom is 0.264 e. The molecule has 31 heavy (non-hydrogen) atoms. The zero-order valence-corrected chi connectivity index (χ0v) is 16.9. The summed E-state index contributed by atoms with van der Waals surface area (Å²) in [6.45, 7) is 3.40. The molecule has 2 aliphatic rings. The van der Waals surface area contributed by atoms with Gasteiger partial charge in [-0.1, -0.05) is 0 Å². The number of pyridine rings is 1. The first-order chi connectivity index (χ1) is 14.7. The molecule has 0 bridgehead atoms. The van der Waals surface area contributed by atoms with Gasteiger partial charge in [0.05, 0.1) is 24.8 Å². The van der Waals surface area contributed by atoms with Gasteiger partial charge >= 0.3 is 0 Å². The SMILES string of the molecule is C[C@@H]1COCCN1c1nc(-c2c(C(F)F)ccnc2N)nc(N2CCC(F)(F)CC2)n1. The summed E-state index contributed by atoms with van der Waals surface area (Å²) in [5.74, 6) is -2.53. The monoisotopic (exact) mass is 441 g/mol. The maximum absolute atomic E-state index is 13.7. The number of hydrogen-bond acceptors (Lipinski definition) is 8. The van der Waals surface area contributed by atoms with Crippen LogP contribution >= 0.6 is 0 Å². The molecule has 0 aliphatic carbocycles. The fraction of sp³-hybridized carbons (Fsp3) is 0.579. The predicted molar refractivity (Wildman–Crippen MR) is 106 cm³/mol. The van der Waals surface area contributed by atoms with Crippen LogP contribution < -0.4 is 15.5 Å². The van der Waals surface area contributed by atoms with E-state index in [-0.39, 0.29) is 66.6 Å². The van der Waals surface area contributed by atoms with E-state index in [9.17, 15) is 17.6 Å². The van der Waals surface area contributed by atoms with Gasteiger partial charge in [-0.3, -0.25) is 0 Å². The van der Waals surface area contributed by atoms with Gasteiger partial charge in [-0.2, -0.15) is 15.0 Å². The molecule has 8 nitrogen and oxygen atoms in total. The van der Waals surface area contributed by atoms with E-state index in [1.165, 1.54) is 6.20 Å². The Hall–Kier alpha value is -2.76. The minimum Gasteiger partial charge on any atom is -0.383 e. The van der Waals surface area contributed by atoms with Crippen LogP contribution in [0.5, 0.6) is 0 Å². The van der Waals surface area contributed by atoms with E-state index < -0.39 is 12.3 Å². The Morgan fingerprint density at radius 3 is 2.52 bits per heavy atom. The topological polar surface area (TPSA) is 93.3 Å². The molecule has 1 atom stereocenters. The molecular formula is C19H23F4N7O. The van der Waals surface area contributed by atoms with Crippen molar-refractivity contribution >= 4 is 17.7 Å². The van der Waals surface area contributed by atoms with Gasteiger partial charge in [0, 0.05) is 44.2 Å². The molecule has 2 aliphatic heterocycles.